The Kier molecular flexibility index (Phi) is 5.60. The van der Waals surface area contributed by atoms with E-state index in [9.17, 15) is 22.0 Å². The average molecular weight is 371 g/mol. The second kappa shape index (κ2) is 6.59. The molecule has 5 nitrogen and oxygen atoms in total. The van der Waals surface area contributed by atoms with Crippen molar-refractivity contribution in [1.82, 2.24) is 0 Å². The highest BCUT2D eigenvalue weighted by molar-refractivity contribution is 9.10. The highest BCUT2D eigenvalue weighted by Gasteiger charge is 2.18. The lowest BCUT2D eigenvalue weighted by molar-refractivity contribution is -0.117. The molecule has 0 spiro atoms. The van der Waals surface area contributed by atoms with Gasteiger partial charge in [-0.05, 0) is 28.4 Å². The predicted octanol–water partition coefficient (Wildman–Crippen LogP) is 1.43. The molecule has 0 saturated heterocycles. The summed E-state index contributed by atoms with van der Waals surface area (Å²) in [5, 5.41) is 2.18. The maximum atomic E-state index is 13.4. The third-order valence-corrected chi connectivity index (χ3v) is 3.99. The van der Waals surface area contributed by atoms with Crippen molar-refractivity contribution in [1.29, 1.82) is 0 Å². The van der Waals surface area contributed by atoms with E-state index >= 15 is 0 Å². The Balaban J connectivity index is 2.73. The fourth-order valence-electron chi connectivity index (χ4n) is 1.32. The lowest BCUT2D eigenvalue weighted by Crippen LogP contribution is -2.37. The molecule has 1 unspecified atom stereocenters. The van der Waals surface area contributed by atoms with Gasteiger partial charge in [0.05, 0.1) is 22.0 Å². The van der Waals surface area contributed by atoms with Crippen LogP contribution in [0.15, 0.2) is 16.6 Å². The molecule has 112 valence electrons. The lowest BCUT2D eigenvalue weighted by Gasteiger charge is -2.12. The van der Waals surface area contributed by atoms with Crippen molar-refractivity contribution in [3.63, 3.8) is 0 Å². The minimum absolute atomic E-state index is 0.0149. The molecule has 0 aliphatic rings. The molecule has 1 rings (SSSR count). The number of anilines is 1. The molecule has 1 amide bonds. The van der Waals surface area contributed by atoms with Gasteiger partial charge in [-0.25, -0.2) is 17.2 Å². The van der Waals surface area contributed by atoms with E-state index < -0.39 is 33.4 Å². The molecule has 0 aromatic heterocycles. The summed E-state index contributed by atoms with van der Waals surface area (Å²) < 4.78 is 48.3. The van der Waals surface area contributed by atoms with Gasteiger partial charge in [0.1, 0.15) is 21.5 Å². The fraction of sp³-hybridized carbons (Fsp3) is 0.364. The molecular formula is C11H13BrF2N2O3S. The minimum atomic E-state index is -3.24. The first-order valence-electron chi connectivity index (χ1n) is 5.49. The highest BCUT2D eigenvalue weighted by atomic mass is 79.9. The summed E-state index contributed by atoms with van der Waals surface area (Å²) in [6.45, 7) is 0. The molecule has 9 heteroatoms. The average Bonchev–Trinajstić information content (AvgIpc) is 2.31. The first-order valence-corrected chi connectivity index (χ1v) is 8.34. The number of benzene rings is 1. The van der Waals surface area contributed by atoms with Crippen molar-refractivity contribution < 1.29 is 22.0 Å². The number of sulfone groups is 1. The minimum Gasteiger partial charge on any atom is -0.322 e. The van der Waals surface area contributed by atoms with Crippen molar-refractivity contribution in [3.05, 3.63) is 28.2 Å². The number of carbonyl (C=O) groups is 1. The number of halogens is 3. The summed E-state index contributed by atoms with van der Waals surface area (Å²) >= 11 is 2.86. The number of amides is 1. The maximum absolute atomic E-state index is 13.4. The molecule has 0 heterocycles. The summed E-state index contributed by atoms with van der Waals surface area (Å²) in [5.41, 5.74) is 5.27. The normalized spacial score (nSPS) is 13.1. The third-order valence-electron chi connectivity index (χ3n) is 2.40. The predicted molar refractivity (Wildman–Crippen MR) is 75.0 cm³/mol. The standard InChI is InChI=1S/C11H13BrF2N2O3S/c1-20(18,19)3-2-9(15)11(17)16-10-4-6(12)7(13)5-8(10)14/h4-5,9H,2-3,15H2,1H3,(H,16,17). The first kappa shape index (κ1) is 17.0. The molecule has 1 aromatic rings. The Hall–Kier alpha value is -1.06. The van der Waals surface area contributed by atoms with Gasteiger partial charge in [-0.15, -0.1) is 0 Å². The first-order chi connectivity index (χ1) is 9.10. The van der Waals surface area contributed by atoms with Crippen LogP contribution < -0.4 is 11.1 Å². The van der Waals surface area contributed by atoms with Gasteiger partial charge in [0.15, 0.2) is 0 Å². The van der Waals surface area contributed by atoms with Gasteiger partial charge in [0.25, 0.3) is 0 Å². The second-order valence-electron chi connectivity index (χ2n) is 4.26. The van der Waals surface area contributed by atoms with Crippen molar-refractivity contribution in [3.8, 4) is 0 Å². The molecule has 0 fully saturated rings. The topological polar surface area (TPSA) is 89.3 Å². The summed E-state index contributed by atoms with van der Waals surface area (Å²) in [6.07, 6.45) is 0.934. The zero-order chi connectivity index (χ0) is 15.5. The van der Waals surface area contributed by atoms with Crippen molar-refractivity contribution >= 4 is 37.4 Å². The Morgan fingerprint density at radius 3 is 2.55 bits per heavy atom. The Bertz CT molecular complexity index is 622. The number of hydrogen-bond donors (Lipinski definition) is 2. The van der Waals surface area contributed by atoms with E-state index in [1.807, 2.05) is 0 Å². The summed E-state index contributed by atoms with van der Waals surface area (Å²) in [6, 6.07) is 0.570. The SMILES string of the molecule is CS(=O)(=O)CCC(N)C(=O)Nc1cc(Br)c(F)cc1F. The van der Waals surface area contributed by atoms with Crippen LogP contribution in [0, 0.1) is 11.6 Å². The van der Waals surface area contributed by atoms with Crippen LogP contribution in [0.25, 0.3) is 0 Å². The van der Waals surface area contributed by atoms with Crippen LogP contribution >= 0.6 is 15.9 Å². The molecule has 0 saturated carbocycles. The molecule has 0 aliphatic heterocycles. The van der Waals surface area contributed by atoms with Gasteiger partial charge >= 0.3 is 0 Å². The van der Waals surface area contributed by atoms with E-state index in [0.29, 0.717) is 6.07 Å². The van der Waals surface area contributed by atoms with Gasteiger partial charge in [0.2, 0.25) is 5.91 Å². The summed E-state index contributed by atoms with van der Waals surface area (Å²) in [7, 11) is -3.24. The highest BCUT2D eigenvalue weighted by Crippen LogP contribution is 2.23. The van der Waals surface area contributed by atoms with E-state index in [0.717, 1.165) is 12.3 Å². The van der Waals surface area contributed by atoms with E-state index in [2.05, 4.69) is 21.2 Å². The van der Waals surface area contributed by atoms with Gasteiger partial charge in [-0.2, -0.15) is 0 Å². The molecular weight excluding hydrogens is 358 g/mol. The van der Waals surface area contributed by atoms with Crippen LogP contribution in [0.5, 0.6) is 0 Å². The number of nitrogens with one attached hydrogen (secondary N) is 1. The number of rotatable bonds is 5. The quantitative estimate of drug-likeness (QED) is 0.767. The van der Waals surface area contributed by atoms with Crippen LogP contribution in [0.3, 0.4) is 0 Å². The second-order valence-corrected chi connectivity index (χ2v) is 7.37. The number of nitrogens with two attached hydrogens (primary N) is 1. The molecule has 1 atom stereocenters. The van der Waals surface area contributed by atoms with Crippen molar-refractivity contribution in [2.45, 2.75) is 12.5 Å². The van der Waals surface area contributed by atoms with Crippen LogP contribution in [0.2, 0.25) is 0 Å². The third kappa shape index (κ3) is 5.14. The number of hydrogen-bond acceptors (Lipinski definition) is 4. The van der Waals surface area contributed by atoms with E-state index in [4.69, 9.17) is 5.73 Å². The van der Waals surface area contributed by atoms with Gasteiger partial charge in [0, 0.05) is 12.3 Å². The Labute approximate surface area is 123 Å². The fourth-order valence-corrected chi connectivity index (χ4v) is 2.34. The van der Waals surface area contributed by atoms with E-state index in [-0.39, 0.29) is 22.3 Å². The maximum Gasteiger partial charge on any atom is 0.241 e. The largest absolute Gasteiger partial charge is 0.322 e. The van der Waals surface area contributed by atoms with Crippen molar-refractivity contribution in [2.75, 3.05) is 17.3 Å². The lowest BCUT2D eigenvalue weighted by atomic mass is 10.2. The Morgan fingerprint density at radius 2 is 2.00 bits per heavy atom. The van der Waals surface area contributed by atoms with Crippen LogP contribution in [-0.2, 0) is 14.6 Å². The summed E-state index contributed by atoms with van der Waals surface area (Å²) in [5.74, 6) is -2.75. The van der Waals surface area contributed by atoms with Crippen LogP contribution in [0.1, 0.15) is 6.42 Å². The molecule has 1 aromatic carbocycles. The van der Waals surface area contributed by atoms with E-state index in [1.54, 1.807) is 0 Å². The molecule has 3 N–H and O–H groups in total. The molecule has 0 bridgehead atoms. The zero-order valence-corrected chi connectivity index (χ0v) is 12.9. The van der Waals surface area contributed by atoms with Gasteiger partial charge < -0.3 is 11.1 Å². The molecule has 20 heavy (non-hydrogen) atoms. The van der Waals surface area contributed by atoms with Gasteiger partial charge in [-0.3, -0.25) is 4.79 Å². The van der Waals surface area contributed by atoms with Crippen LogP contribution in [-0.4, -0.2) is 32.4 Å². The monoisotopic (exact) mass is 370 g/mol. The van der Waals surface area contributed by atoms with Crippen LogP contribution in [0.4, 0.5) is 14.5 Å². The molecule has 0 radical (unpaired) electrons. The van der Waals surface area contributed by atoms with E-state index in [1.165, 1.54) is 0 Å². The van der Waals surface area contributed by atoms with Crippen molar-refractivity contribution in [2.24, 2.45) is 5.73 Å². The Morgan fingerprint density at radius 1 is 1.40 bits per heavy atom. The summed E-state index contributed by atoms with van der Waals surface area (Å²) in [4.78, 5) is 11.7. The number of carbonyl (C=O) groups excluding carboxylic acids is 1. The van der Waals surface area contributed by atoms with Gasteiger partial charge in [-0.1, -0.05) is 0 Å². The zero-order valence-electron chi connectivity index (χ0n) is 10.5. The smallest absolute Gasteiger partial charge is 0.241 e. The molecule has 0 aliphatic carbocycles.